The van der Waals surface area contributed by atoms with Crippen molar-refractivity contribution in [2.24, 2.45) is 0 Å². The Bertz CT molecular complexity index is 173. The molecule has 78 valence electrons. The van der Waals surface area contributed by atoms with Crippen molar-refractivity contribution in [1.82, 2.24) is 5.32 Å². The average molecular weight is 211 g/mol. The Balaban J connectivity index is 0. The van der Waals surface area contributed by atoms with Gasteiger partial charge in [0, 0.05) is 6.54 Å². The van der Waals surface area contributed by atoms with Crippen LogP contribution >= 0.6 is 0 Å². The summed E-state index contributed by atoms with van der Waals surface area (Å²) in [5.41, 5.74) is 3.53. The first-order valence-electron chi connectivity index (χ1n) is 3.75. The minimum absolute atomic E-state index is 0. The highest BCUT2D eigenvalue weighted by atomic mass is 35.5. The summed E-state index contributed by atoms with van der Waals surface area (Å²) in [6, 6.07) is -0.289. The van der Waals surface area contributed by atoms with E-state index in [9.17, 15) is 9.59 Å². The van der Waals surface area contributed by atoms with Gasteiger partial charge in [-0.15, -0.1) is 0 Å². The van der Waals surface area contributed by atoms with Crippen LogP contribution in [0.5, 0.6) is 0 Å². The summed E-state index contributed by atoms with van der Waals surface area (Å²) in [5.74, 6) is -0.481. The van der Waals surface area contributed by atoms with E-state index in [2.05, 4.69) is 15.8 Å². The van der Waals surface area contributed by atoms with Gasteiger partial charge < -0.3 is 28.2 Å². The van der Waals surface area contributed by atoms with Crippen LogP contribution in [0.3, 0.4) is 0 Å². The molecule has 0 unspecified atom stereocenters. The molecule has 0 saturated carbocycles. The molecule has 0 spiro atoms. The number of hydrogen-bond acceptors (Lipinski definition) is 3. The monoisotopic (exact) mass is 210 g/mol. The lowest BCUT2D eigenvalue weighted by Gasteiger charge is -2.03. The van der Waals surface area contributed by atoms with E-state index in [0.29, 0.717) is 6.54 Å². The number of quaternary nitrogens is 1. The lowest BCUT2D eigenvalue weighted by molar-refractivity contribution is -0.398. The molecule has 0 saturated heterocycles. The maximum Gasteiger partial charge on any atom is 0.307 e. The minimum Gasteiger partial charge on any atom is -1.00 e. The predicted molar refractivity (Wildman–Crippen MR) is 42.0 cm³/mol. The van der Waals surface area contributed by atoms with Gasteiger partial charge in [0.25, 0.3) is 5.91 Å². The summed E-state index contributed by atoms with van der Waals surface area (Å²) in [4.78, 5) is 21.5. The van der Waals surface area contributed by atoms with Crippen LogP contribution in [0.4, 0.5) is 0 Å². The standard InChI is InChI=1S/C7H14N2O3.ClH/c1-5(8)7(11)9-4-3-6(10)12-2;/h5H,3-4,8H2,1-2H3,(H,9,11);1H/t5-;/m0./s1. The second-order valence-electron chi connectivity index (χ2n) is 2.52. The number of amides is 1. The molecule has 0 aromatic heterocycles. The maximum atomic E-state index is 10.9. The molecule has 6 heteroatoms. The molecular weight excluding hydrogens is 196 g/mol. The molecule has 0 fully saturated rings. The van der Waals surface area contributed by atoms with Gasteiger partial charge >= 0.3 is 5.97 Å². The van der Waals surface area contributed by atoms with Crippen LogP contribution in [0.1, 0.15) is 13.3 Å². The number of hydrogen-bond donors (Lipinski definition) is 2. The Morgan fingerprint density at radius 2 is 2.08 bits per heavy atom. The van der Waals surface area contributed by atoms with Gasteiger partial charge in [-0.05, 0) is 6.92 Å². The van der Waals surface area contributed by atoms with Gasteiger partial charge in [-0.2, -0.15) is 0 Å². The average Bonchev–Trinajstić information content (AvgIpc) is 2.03. The predicted octanol–water partition coefficient (Wildman–Crippen LogP) is -4.70. The summed E-state index contributed by atoms with van der Waals surface area (Å²) >= 11 is 0. The lowest BCUT2D eigenvalue weighted by Crippen LogP contribution is -3.00. The fraction of sp³-hybridized carbons (Fsp3) is 0.714. The van der Waals surface area contributed by atoms with Crippen LogP contribution in [0.2, 0.25) is 0 Å². The van der Waals surface area contributed by atoms with E-state index in [1.54, 1.807) is 6.92 Å². The summed E-state index contributed by atoms with van der Waals surface area (Å²) in [7, 11) is 1.31. The normalized spacial score (nSPS) is 11.0. The molecule has 0 rings (SSSR count). The van der Waals surface area contributed by atoms with Gasteiger partial charge in [0.1, 0.15) is 0 Å². The number of methoxy groups -OCH3 is 1. The number of halogens is 1. The van der Waals surface area contributed by atoms with Crippen molar-refractivity contribution in [3.8, 4) is 0 Å². The SMILES string of the molecule is COC(=O)CCNC(=O)[C@H](C)[NH3+].[Cl-]. The topological polar surface area (TPSA) is 83.0 Å². The number of rotatable bonds is 4. The summed E-state index contributed by atoms with van der Waals surface area (Å²) in [6.07, 6.45) is 0.203. The summed E-state index contributed by atoms with van der Waals surface area (Å²) in [6.45, 7) is 2.00. The van der Waals surface area contributed by atoms with Crippen molar-refractivity contribution in [2.45, 2.75) is 19.4 Å². The Kier molecular flexibility index (Phi) is 8.84. The summed E-state index contributed by atoms with van der Waals surface area (Å²) in [5, 5.41) is 2.55. The Morgan fingerprint density at radius 1 is 1.54 bits per heavy atom. The lowest BCUT2D eigenvalue weighted by atomic mass is 10.3. The highest BCUT2D eigenvalue weighted by Gasteiger charge is 2.09. The number of ether oxygens (including phenoxy) is 1. The van der Waals surface area contributed by atoms with Crippen molar-refractivity contribution in [1.29, 1.82) is 0 Å². The third kappa shape index (κ3) is 7.55. The van der Waals surface area contributed by atoms with Crippen LogP contribution in [-0.4, -0.2) is 31.6 Å². The van der Waals surface area contributed by atoms with E-state index in [1.165, 1.54) is 7.11 Å². The molecule has 0 aliphatic carbocycles. The van der Waals surface area contributed by atoms with Gasteiger partial charge in [-0.25, -0.2) is 0 Å². The molecule has 0 bridgehead atoms. The first-order valence-corrected chi connectivity index (χ1v) is 3.75. The molecule has 0 aliphatic heterocycles. The molecule has 5 nitrogen and oxygen atoms in total. The van der Waals surface area contributed by atoms with Crippen LogP contribution in [0.25, 0.3) is 0 Å². The molecule has 13 heavy (non-hydrogen) atoms. The molecule has 1 atom stereocenters. The molecule has 0 heterocycles. The van der Waals surface area contributed by atoms with Crippen molar-refractivity contribution >= 4 is 11.9 Å². The van der Waals surface area contributed by atoms with Crippen LogP contribution < -0.4 is 23.5 Å². The Labute approximate surface area is 83.4 Å². The second-order valence-corrected chi connectivity index (χ2v) is 2.52. The third-order valence-electron chi connectivity index (χ3n) is 1.30. The molecular formula is C7H15ClN2O3. The van der Waals surface area contributed by atoms with Gasteiger partial charge in [0.15, 0.2) is 6.04 Å². The van der Waals surface area contributed by atoms with E-state index in [1.807, 2.05) is 0 Å². The van der Waals surface area contributed by atoms with Gasteiger partial charge in [0.2, 0.25) is 0 Å². The van der Waals surface area contributed by atoms with E-state index in [4.69, 9.17) is 0 Å². The quantitative estimate of drug-likeness (QED) is 0.458. The first kappa shape index (κ1) is 14.7. The zero-order chi connectivity index (χ0) is 9.56. The van der Waals surface area contributed by atoms with Crippen molar-refractivity contribution < 1.29 is 32.5 Å². The van der Waals surface area contributed by atoms with Gasteiger partial charge in [-0.3, -0.25) is 9.59 Å². The van der Waals surface area contributed by atoms with Gasteiger partial charge in [-0.1, -0.05) is 0 Å². The minimum atomic E-state index is -0.327. The second kappa shape index (κ2) is 7.82. The Hall–Kier alpha value is -0.810. The maximum absolute atomic E-state index is 10.9. The molecule has 0 aromatic rings. The fourth-order valence-corrected chi connectivity index (χ4v) is 0.564. The zero-order valence-corrected chi connectivity index (χ0v) is 8.56. The molecule has 4 N–H and O–H groups in total. The largest absolute Gasteiger partial charge is 1.00 e. The first-order chi connectivity index (χ1) is 5.57. The van der Waals surface area contributed by atoms with Crippen molar-refractivity contribution in [2.75, 3.05) is 13.7 Å². The number of carbonyl (C=O) groups is 2. The smallest absolute Gasteiger partial charge is 0.307 e. The number of esters is 1. The van der Waals surface area contributed by atoms with E-state index in [0.717, 1.165) is 0 Å². The summed E-state index contributed by atoms with van der Waals surface area (Å²) < 4.78 is 4.39. The zero-order valence-electron chi connectivity index (χ0n) is 7.80. The van der Waals surface area contributed by atoms with Crippen molar-refractivity contribution in [3.05, 3.63) is 0 Å². The van der Waals surface area contributed by atoms with E-state index in [-0.39, 0.29) is 36.7 Å². The number of nitrogens with one attached hydrogen (secondary N) is 1. The molecule has 0 radical (unpaired) electrons. The van der Waals surface area contributed by atoms with Crippen LogP contribution in [0.15, 0.2) is 0 Å². The van der Waals surface area contributed by atoms with Crippen LogP contribution in [-0.2, 0) is 14.3 Å². The fourth-order valence-electron chi connectivity index (χ4n) is 0.564. The molecule has 1 amide bonds. The Morgan fingerprint density at radius 3 is 2.46 bits per heavy atom. The third-order valence-corrected chi connectivity index (χ3v) is 1.30. The van der Waals surface area contributed by atoms with Gasteiger partial charge in [0.05, 0.1) is 13.5 Å². The number of carbonyl (C=O) groups excluding carboxylic acids is 2. The van der Waals surface area contributed by atoms with E-state index >= 15 is 0 Å². The van der Waals surface area contributed by atoms with Crippen molar-refractivity contribution in [3.63, 3.8) is 0 Å². The molecule has 0 aliphatic rings. The molecule has 0 aromatic carbocycles. The highest BCUT2D eigenvalue weighted by Crippen LogP contribution is 1.81. The highest BCUT2D eigenvalue weighted by molar-refractivity contribution is 5.80. The van der Waals surface area contributed by atoms with E-state index < -0.39 is 0 Å². The van der Waals surface area contributed by atoms with Crippen LogP contribution in [0, 0.1) is 0 Å².